The molecule has 0 saturated carbocycles. The number of fused-ring (bicyclic) bond motifs is 1. The van der Waals surface area contributed by atoms with Crippen LogP contribution in [0.2, 0.25) is 0 Å². The Morgan fingerprint density at radius 1 is 1.40 bits per heavy atom. The first kappa shape index (κ1) is 20.8. The zero-order valence-electron chi connectivity index (χ0n) is 15.6. The van der Waals surface area contributed by atoms with Crippen molar-refractivity contribution in [1.82, 2.24) is 30.4 Å². The third-order valence-corrected chi connectivity index (χ3v) is 8.18. The number of nitrogens with two attached hydrogens (primary N) is 1. The summed E-state index contributed by atoms with van der Waals surface area (Å²) in [6.07, 6.45) is 0.147. The van der Waals surface area contributed by atoms with Gasteiger partial charge in [-0.3, -0.25) is 14.5 Å². The predicted octanol–water partition coefficient (Wildman–Crippen LogP) is -0.239. The number of rotatable bonds is 7. The summed E-state index contributed by atoms with van der Waals surface area (Å²) in [7, 11) is 1.65. The molecule has 0 spiro atoms. The smallest absolute Gasteiger partial charge is 0.353 e. The highest BCUT2D eigenvalue weighted by molar-refractivity contribution is 8.06. The van der Waals surface area contributed by atoms with Crippen LogP contribution < -0.4 is 11.1 Å². The Kier molecular flexibility index (Phi) is 5.81. The van der Waals surface area contributed by atoms with Crippen molar-refractivity contribution in [2.75, 3.05) is 5.75 Å². The van der Waals surface area contributed by atoms with E-state index in [2.05, 4.69) is 20.8 Å². The van der Waals surface area contributed by atoms with Gasteiger partial charge in [-0.05, 0) is 34.3 Å². The standard InChI is InChI=1S/C16H17N7O4S3/c1-22-16(19-20-21-22)30-9-6-28-14-11(13(25)23(14)12(9)15(26)27)18-10(24)4-7-2-3-8(5-17)29-7/h2-3,11,14H,4-6,17H2,1H3,(H,18,24)(H,26,27)/t11-,14+/m1/s1. The summed E-state index contributed by atoms with van der Waals surface area (Å²) in [6.45, 7) is 0.413. The summed E-state index contributed by atoms with van der Waals surface area (Å²) < 4.78 is 1.43. The third-order valence-electron chi connectivity index (χ3n) is 4.50. The second kappa shape index (κ2) is 8.37. The molecule has 4 rings (SSSR count). The van der Waals surface area contributed by atoms with E-state index in [0.717, 1.165) is 21.5 Å². The fraction of sp³-hybridized carbons (Fsp3) is 0.375. The molecule has 0 aromatic carbocycles. The maximum atomic E-state index is 12.7. The molecule has 4 N–H and O–H groups in total. The average molecular weight is 468 g/mol. The highest BCUT2D eigenvalue weighted by Crippen LogP contribution is 2.44. The van der Waals surface area contributed by atoms with Gasteiger partial charge in [-0.25, -0.2) is 9.48 Å². The summed E-state index contributed by atoms with van der Waals surface area (Å²) in [5.41, 5.74) is 5.50. The Morgan fingerprint density at radius 2 is 2.17 bits per heavy atom. The van der Waals surface area contributed by atoms with Crippen molar-refractivity contribution >= 4 is 52.6 Å². The van der Waals surface area contributed by atoms with Crippen LogP contribution in [0, 0.1) is 0 Å². The van der Waals surface area contributed by atoms with E-state index in [1.54, 1.807) is 7.05 Å². The monoisotopic (exact) mass is 467 g/mol. The quantitative estimate of drug-likeness (QED) is 0.464. The maximum Gasteiger partial charge on any atom is 0.353 e. The normalized spacial score (nSPS) is 20.7. The molecule has 2 aliphatic rings. The van der Waals surface area contributed by atoms with Crippen LogP contribution in [-0.4, -0.2) is 65.2 Å². The van der Waals surface area contributed by atoms with E-state index >= 15 is 0 Å². The van der Waals surface area contributed by atoms with Crippen molar-refractivity contribution in [2.24, 2.45) is 12.8 Å². The van der Waals surface area contributed by atoms with E-state index in [1.165, 1.54) is 32.7 Å². The van der Waals surface area contributed by atoms with Gasteiger partial charge >= 0.3 is 5.97 Å². The first-order chi connectivity index (χ1) is 14.4. The van der Waals surface area contributed by atoms with Crippen molar-refractivity contribution < 1.29 is 19.5 Å². The van der Waals surface area contributed by atoms with Gasteiger partial charge in [0.2, 0.25) is 11.1 Å². The minimum absolute atomic E-state index is 0.0897. The number of nitrogens with zero attached hydrogens (tertiary/aromatic N) is 5. The summed E-state index contributed by atoms with van der Waals surface area (Å²) in [5.74, 6) is -1.57. The molecule has 2 atom stereocenters. The summed E-state index contributed by atoms with van der Waals surface area (Å²) in [6, 6.07) is 2.96. The van der Waals surface area contributed by atoms with Gasteiger partial charge in [-0.1, -0.05) is 0 Å². The minimum atomic E-state index is -1.20. The lowest BCUT2D eigenvalue weighted by Crippen LogP contribution is -2.70. The van der Waals surface area contributed by atoms with Gasteiger partial charge in [-0.15, -0.1) is 28.2 Å². The van der Waals surface area contributed by atoms with Gasteiger partial charge in [0.25, 0.3) is 5.91 Å². The van der Waals surface area contributed by atoms with E-state index in [-0.39, 0.29) is 18.0 Å². The van der Waals surface area contributed by atoms with Gasteiger partial charge in [-0.2, -0.15) is 0 Å². The highest BCUT2D eigenvalue weighted by Gasteiger charge is 2.54. The Balaban J connectivity index is 1.46. The number of thioether (sulfide) groups is 2. The van der Waals surface area contributed by atoms with Crippen LogP contribution in [0.4, 0.5) is 0 Å². The zero-order chi connectivity index (χ0) is 21.4. The Labute approximate surface area is 183 Å². The molecule has 11 nitrogen and oxygen atoms in total. The first-order valence-electron chi connectivity index (χ1n) is 8.77. The van der Waals surface area contributed by atoms with E-state index in [9.17, 15) is 19.5 Å². The van der Waals surface area contributed by atoms with Crippen molar-refractivity contribution in [3.63, 3.8) is 0 Å². The van der Waals surface area contributed by atoms with Crippen molar-refractivity contribution in [3.8, 4) is 0 Å². The number of thiophene rings is 1. The lowest BCUT2D eigenvalue weighted by atomic mass is 10.0. The predicted molar refractivity (Wildman–Crippen MR) is 110 cm³/mol. The molecule has 0 unspecified atom stereocenters. The molecule has 2 amide bonds. The summed E-state index contributed by atoms with van der Waals surface area (Å²) in [4.78, 5) is 40.5. The number of nitrogens with one attached hydrogen (secondary N) is 1. The minimum Gasteiger partial charge on any atom is -0.477 e. The number of hydrogen-bond donors (Lipinski definition) is 3. The van der Waals surface area contributed by atoms with Gasteiger partial charge in [0.1, 0.15) is 17.1 Å². The fourth-order valence-corrected chi connectivity index (χ4v) is 6.38. The molecule has 1 fully saturated rings. The Bertz CT molecular complexity index is 1050. The number of β-lactam (4-membered cyclic amide) rings is 1. The molecule has 0 radical (unpaired) electrons. The van der Waals surface area contributed by atoms with Crippen molar-refractivity contribution in [1.29, 1.82) is 0 Å². The SMILES string of the molecule is Cn1nnnc1SC1=C(C(=O)O)N2C(=O)[C@@H](NC(=O)Cc3ccc(CN)s3)[C@@H]2SC1. The Hall–Kier alpha value is -2.42. The van der Waals surface area contributed by atoms with Crippen LogP contribution in [0.1, 0.15) is 9.75 Å². The van der Waals surface area contributed by atoms with Crippen LogP contribution in [0.5, 0.6) is 0 Å². The zero-order valence-corrected chi connectivity index (χ0v) is 18.1. The van der Waals surface area contributed by atoms with E-state index in [0.29, 0.717) is 22.4 Å². The lowest BCUT2D eigenvalue weighted by molar-refractivity contribution is -0.150. The molecule has 30 heavy (non-hydrogen) atoms. The van der Waals surface area contributed by atoms with E-state index in [4.69, 9.17) is 5.73 Å². The number of aliphatic carboxylic acids is 1. The number of carbonyl (C=O) groups is 3. The van der Waals surface area contributed by atoms with Crippen LogP contribution in [0.3, 0.4) is 0 Å². The lowest BCUT2D eigenvalue weighted by Gasteiger charge is -2.49. The second-order valence-corrected chi connectivity index (χ2v) is 9.89. The largest absolute Gasteiger partial charge is 0.477 e. The molecular formula is C16H17N7O4S3. The van der Waals surface area contributed by atoms with Crippen molar-refractivity contribution in [2.45, 2.75) is 29.5 Å². The van der Waals surface area contributed by atoms with Gasteiger partial charge in [0, 0.05) is 34.0 Å². The van der Waals surface area contributed by atoms with Crippen molar-refractivity contribution in [3.05, 3.63) is 32.5 Å². The molecule has 0 bridgehead atoms. The molecule has 158 valence electrons. The molecular weight excluding hydrogens is 450 g/mol. The molecule has 14 heteroatoms. The Morgan fingerprint density at radius 3 is 2.80 bits per heavy atom. The third kappa shape index (κ3) is 3.82. The van der Waals surface area contributed by atoms with Crippen LogP contribution in [0.15, 0.2) is 27.9 Å². The van der Waals surface area contributed by atoms with E-state index < -0.39 is 23.3 Å². The molecule has 2 aromatic rings. The molecule has 2 aromatic heterocycles. The topological polar surface area (TPSA) is 156 Å². The molecule has 2 aliphatic heterocycles. The number of hydrogen-bond acceptors (Lipinski definition) is 10. The number of aromatic nitrogens is 4. The second-order valence-electron chi connectivity index (χ2n) is 6.47. The molecule has 1 saturated heterocycles. The fourth-order valence-electron chi connectivity index (χ4n) is 3.10. The number of carbonyl (C=O) groups excluding carboxylic acids is 2. The number of amides is 2. The van der Waals surface area contributed by atoms with Gasteiger partial charge < -0.3 is 16.2 Å². The summed E-state index contributed by atoms with van der Waals surface area (Å²) in [5, 5.41) is 23.5. The number of aryl methyl sites for hydroxylation is 1. The highest BCUT2D eigenvalue weighted by atomic mass is 32.2. The number of tetrazole rings is 1. The molecule has 4 heterocycles. The van der Waals surface area contributed by atoms with Crippen LogP contribution in [-0.2, 0) is 34.4 Å². The summed E-state index contributed by atoms with van der Waals surface area (Å²) >= 11 is 3.96. The number of carboxylic acids is 1. The number of carboxylic acid groups (broad SMARTS) is 1. The first-order valence-corrected chi connectivity index (χ1v) is 11.5. The van der Waals surface area contributed by atoms with E-state index in [1.807, 2.05) is 12.1 Å². The van der Waals surface area contributed by atoms with Gasteiger partial charge in [0.05, 0.1) is 6.42 Å². The van der Waals surface area contributed by atoms with Crippen LogP contribution >= 0.6 is 34.9 Å². The maximum absolute atomic E-state index is 12.7. The molecule has 0 aliphatic carbocycles. The average Bonchev–Trinajstić information content (AvgIpc) is 3.34. The van der Waals surface area contributed by atoms with Gasteiger partial charge in [0.15, 0.2) is 0 Å². The van der Waals surface area contributed by atoms with Crippen LogP contribution in [0.25, 0.3) is 0 Å².